The normalized spacial score (nSPS) is 11.1. The van der Waals surface area contributed by atoms with Crippen LogP contribution in [0.25, 0.3) is 16.7 Å². The predicted molar refractivity (Wildman–Crippen MR) is 102 cm³/mol. The van der Waals surface area contributed by atoms with E-state index in [9.17, 15) is 4.79 Å². The predicted octanol–water partition coefficient (Wildman–Crippen LogP) is 3.89. The molecule has 4 rings (SSSR count). The topological polar surface area (TPSA) is 85.8 Å². The molecule has 2 aromatic heterocycles. The van der Waals surface area contributed by atoms with Crippen LogP contribution in [0.5, 0.6) is 0 Å². The highest BCUT2D eigenvalue weighted by Gasteiger charge is 2.20. The molecular formula is C20H19N5O2. The molecule has 0 saturated carbocycles. The third kappa shape index (κ3) is 2.87. The molecule has 0 radical (unpaired) electrons. The van der Waals surface area contributed by atoms with Crippen LogP contribution in [-0.4, -0.2) is 26.1 Å². The number of nitrogens with zero attached hydrogens (tertiary/aromatic N) is 4. The minimum Gasteiger partial charge on any atom is -0.450 e. The van der Waals surface area contributed by atoms with Gasteiger partial charge in [0.1, 0.15) is 5.58 Å². The summed E-state index contributed by atoms with van der Waals surface area (Å²) in [6.45, 7) is 7.72. The first kappa shape index (κ1) is 17.0. The molecule has 4 aromatic rings. The summed E-state index contributed by atoms with van der Waals surface area (Å²) in [6.07, 6.45) is 0. The summed E-state index contributed by atoms with van der Waals surface area (Å²) in [4.78, 5) is 12.8. The van der Waals surface area contributed by atoms with Gasteiger partial charge >= 0.3 is 0 Å². The Morgan fingerprint density at radius 3 is 2.56 bits per heavy atom. The molecule has 2 aromatic carbocycles. The van der Waals surface area contributed by atoms with Gasteiger partial charge in [-0.25, -0.2) is 0 Å². The summed E-state index contributed by atoms with van der Waals surface area (Å²) >= 11 is 0. The Morgan fingerprint density at radius 1 is 1.07 bits per heavy atom. The maximum atomic E-state index is 12.8. The van der Waals surface area contributed by atoms with Crippen LogP contribution in [0, 0.1) is 27.7 Å². The molecule has 0 unspecified atom stereocenters. The Labute approximate surface area is 156 Å². The van der Waals surface area contributed by atoms with Crippen molar-refractivity contribution >= 4 is 22.6 Å². The van der Waals surface area contributed by atoms with Crippen LogP contribution in [0.3, 0.4) is 0 Å². The average molecular weight is 361 g/mol. The smallest absolute Gasteiger partial charge is 0.291 e. The highest BCUT2D eigenvalue weighted by atomic mass is 16.3. The molecule has 0 spiro atoms. The van der Waals surface area contributed by atoms with E-state index in [1.54, 1.807) is 4.68 Å². The lowest BCUT2D eigenvalue weighted by atomic mass is 10.0. The highest BCUT2D eigenvalue weighted by Crippen LogP contribution is 2.31. The van der Waals surface area contributed by atoms with Gasteiger partial charge in [0.25, 0.3) is 5.91 Å². The molecule has 0 aliphatic rings. The SMILES string of the molecule is Cc1ccc(C)c2c(C)c(C(=O)Nc3cccc(-n4nnnc4C)c3)oc12. The van der Waals surface area contributed by atoms with Crippen molar-refractivity contribution in [3.8, 4) is 5.69 Å². The lowest BCUT2D eigenvalue weighted by molar-refractivity contribution is 0.0998. The first-order chi connectivity index (χ1) is 13.0. The Kier molecular flexibility index (Phi) is 3.99. The second kappa shape index (κ2) is 6.35. The first-order valence-corrected chi connectivity index (χ1v) is 8.62. The van der Waals surface area contributed by atoms with E-state index in [1.807, 2.05) is 64.1 Å². The fourth-order valence-corrected chi connectivity index (χ4v) is 3.27. The molecule has 0 aliphatic heterocycles. The van der Waals surface area contributed by atoms with E-state index in [2.05, 4.69) is 20.8 Å². The van der Waals surface area contributed by atoms with Gasteiger partial charge in [0.15, 0.2) is 11.6 Å². The molecule has 7 heteroatoms. The van der Waals surface area contributed by atoms with E-state index in [4.69, 9.17) is 4.42 Å². The lowest BCUT2D eigenvalue weighted by Gasteiger charge is -2.07. The van der Waals surface area contributed by atoms with E-state index in [0.717, 1.165) is 33.3 Å². The Bertz CT molecular complexity index is 1170. The zero-order valence-corrected chi connectivity index (χ0v) is 15.6. The van der Waals surface area contributed by atoms with Crippen molar-refractivity contribution in [2.75, 3.05) is 5.32 Å². The average Bonchev–Trinajstić information content (AvgIpc) is 3.23. The Morgan fingerprint density at radius 2 is 1.85 bits per heavy atom. The number of anilines is 1. The van der Waals surface area contributed by atoms with Crippen LogP contribution in [0.15, 0.2) is 40.8 Å². The van der Waals surface area contributed by atoms with Gasteiger partial charge in [0.05, 0.1) is 5.69 Å². The number of aryl methyl sites for hydroxylation is 4. The van der Waals surface area contributed by atoms with Gasteiger partial charge in [-0.15, -0.1) is 5.10 Å². The monoisotopic (exact) mass is 361 g/mol. The van der Waals surface area contributed by atoms with Crippen LogP contribution in [0.1, 0.15) is 33.1 Å². The van der Waals surface area contributed by atoms with Crippen molar-refractivity contribution in [1.29, 1.82) is 0 Å². The van der Waals surface area contributed by atoms with E-state index < -0.39 is 0 Å². The Hall–Kier alpha value is -3.48. The number of rotatable bonds is 3. The third-order valence-electron chi connectivity index (χ3n) is 4.66. The van der Waals surface area contributed by atoms with Crippen LogP contribution < -0.4 is 5.32 Å². The van der Waals surface area contributed by atoms with Crippen molar-refractivity contribution in [2.24, 2.45) is 0 Å². The molecule has 1 amide bonds. The number of furan rings is 1. The van der Waals surface area contributed by atoms with E-state index in [-0.39, 0.29) is 5.91 Å². The van der Waals surface area contributed by atoms with Crippen LogP contribution >= 0.6 is 0 Å². The van der Waals surface area contributed by atoms with Crippen molar-refractivity contribution in [1.82, 2.24) is 20.2 Å². The number of carbonyl (C=O) groups excluding carboxylic acids is 1. The highest BCUT2D eigenvalue weighted by molar-refractivity contribution is 6.07. The maximum Gasteiger partial charge on any atom is 0.291 e. The van der Waals surface area contributed by atoms with Crippen LogP contribution in [0.4, 0.5) is 5.69 Å². The van der Waals surface area contributed by atoms with Crippen LogP contribution in [-0.2, 0) is 0 Å². The molecule has 0 atom stereocenters. The molecule has 1 N–H and O–H groups in total. The number of fused-ring (bicyclic) bond motifs is 1. The zero-order chi connectivity index (χ0) is 19.1. The standard InChI is InChI=1S/C20H19N5O2/c1-11-8-9-12(2)18-17(11)13(3)19(27-18)20(26)21-15-6-5-7-16(10-15)25-14(4)22-23-24-25/h5-10H,1-4H3,(H,21,26). The van der Waals surface area contributed by atoms with Crippen molar-refractivity contribution < 1.29 is 9.21 Å². The van der Waals surface area contributed by atoms with E-state index >= 15 is 0 Å². The van der Waals surface area contributed by atoms with E-state index in [0.29, 0.717) is 17.3 Å². The van der Waals surface area contributed by atoms with Gasteiger partial charge in [-0.2, -0.15) is 4.68 Å². The molecular weight excluding hydrogens is 342 g/mol. The second-order valence-corrected chi connectivity index (χ2v) is 6.60. The number of amides is 1. The molecule has 0 bridgehead atoms. The maximum absolute atomic E-state index is 12.8. The largest absolute Gasteiger partial charge is 0.450 e. The van der Waals surface area contributed by atoms with Gasteiger partial charge in [-0.05, 0) is 67.4 Å². The van der Waals surface area contributed by atoms with Crippen LogP contribution in [0.2, 0.25) is 0 Å². The molecule has 0 fully saturated rings. The minimum absolute atomic E-state index is 0.284. The summed E-state index contributed by atoms with van der Waals surface area (Å²) in [6, 6.07) is 11.4. The van der Waals surface area contributed by atoms with Gasteiger partial charge in [0.2, 0.25) is 0 Å². The number of hydrogen-bond donors (Lipinski definition) is 1. The third-order valence-corrected chi connectivity index (χ3v) is 4.66. The quantitative estimate of drug-likeness (QED) is 0.598. The number of hydrogen-bond acceptors (Lipinski definition) is 5. The molecule has 2 heterocycles. The number of aromatic nitrogens is 4. The van der Waals surface area contributed by atoms with Crippen molar-refractivity contribution in [3.63, 3.8) is 0 Å². The summed E-state index contributed by atoms with van der Waals surface area (Å²) in [5, 5.41) is 15.4. The van der Waals surface area contributed by atoms with Gasteiger partial charge in [-0.3, -0.25) is 4.79 Å². The summed E-state index contributed by atoms with van der Waals surface area (Å²) in [5.74, 6) is 0.706. The fourth-order valence-electron chi connectivity index (χ4n) is 3.27. The number of nitrogens with one attached hydrogen (secondary N) is 1. The van der Waals surface area contributed by atoms with Crippen molar-refractivity contribution in [2.45, 2.75) is 27.7 Å². The lowest BCUT2D eigenvalue weighted by Crippen LogP contribution is -2.12. The van der Waals surface area contributed by atoms with Gasteiger partial charge < -0.3 is 9.73 Å². The molecule has 27 heavy (non-hydrogen) atoms. The first-order valence-electron chi connectivity index (χ1n) is 8.62. The van der Waals surface area contributed by atoms with Crippen molar-refractivity contribution in [3.05, 3.63) is 64.7 Å². The molecule has 0 saturated heterocycles. The summed E-state index contributed by atoms with van der Waals surface area (Å²) in [7, 11) is 0. The summed E-state index contributed by atoms with van der Waals surface area (Å²) in [5.41, 5.74) is 5.11. The minimum atomic E-state index is -0.284. The van der Waals surface area contributed by atoms with Gasteiger partial charge in [0, 0.05) is 16.6 Å². The zero-order valence-electron chi connectivity index (χ0n) is 15.6. The van der Waals surface area contributed by atoms with E-state index in [1.165, 1.54) is 0 Å². The molecule has 7 nitrogen and oxygen atoms in total. The summed E-state index contributed by atoms with van der Waals surface area (Å²) < 4.78 is 7.52. The second-order valence-electron chi connectivity index (χ2n) is 6.60. The molecule has 136 valence electrons. The number of tetrazole rings is 1. The number of benzene rings is 2. The Balaban J connectivity index is 1.68. The fraction of sp³-hybridized carbons (Fsp3) is 0.200. The number of carbonyl (C=O) groups is 1. The van der Waals surface area contributed by atoms with Gasteiger partial charge in [-0.1, -0.05) is 18.2 Å². The molecule has 0 aliphatic carbocycles.